The zero-order chi connectivity index (χ0) is 8.81. The Bertz CT molecular complexity index is 114. The number of rotatable bonds is 4. The summed E-state index contributed by atoms with van der Waals surface area (Å²) in [6, 6.07) is 0.840. The van der Waals surface area contributed by atoms with E-state index in [9.17, 15) is 0 Å². The molecule has 0 saturated heterocycles. The van der Waals surface area contributed by atoms with Gasteiger partial charge in [-0.05, 0) is 19.4 Å². The third-order valence-electron chi connectivity index (χ3n) is 2.91. The topological polar surface area (TPSA) is 29.3 Å². The van der Waals surface area contributed by atoms with Crippen molar-refractivity contribution < 1.29 is 0 Å². The van der Waals surface area contributed by atoms with Crippen molar-refractivity contribution in [1.82, 2.24) is 4.90 Å². The lowest BCUT2D eigenvalue weighted by atomic mass is 9.94. The lowest BCUT2D eigenvalue weighted by Crippen LogP contribution is -2.39. The Morgan fingerprint density at radius 2 is 1.71 bits per heavy atom. The number of nitrogens with zero attached hydrogens (tertiary/aromatic N) is 1. The second-order valence-electron chi connectivity index (χ2n) is 3.71. The second kappa shape index (κ2) is 10.0. The van der Waals surface area contributed by atoms with Gasteiger partial charge in [0.25, 0.3) is 0 Å². The molecular formula is C10H24Cl2N2. The molecular weight excluding hydrogens is 219 g/mol. The zero-order valence-electron chi connectivity index (χ0n) is 9.08. The van der Waals surface area contributed by atoms with Crippen LogP contribution in [0.4, 0.5) is 0 Å². The van der Waals surface area contributed by atoms with E-state index in [2.05, 4.69) is 11.8 Å². The summed E-state index contributed by atoms with van der Waals surface area (Å²) in [7, 11) is 0. The van der Waals surface area contributed by atoms with Crippen LogP contribution in [0.1, 0.15) is 39.0 Å². The first-order chi connectivity index (χ1) is 5.88. The number of halogens is 2. The van der Waals surface area contributed by atoms with Gasteiger partial charge in [0.15, 0.2) is 0 Å². The number of nitrogens with two attached hydrogens (primary N) is 1. The molecule has 0 radical (unpaired) electrons. The Morgan fingerprint density at radius 3 is 2.14 bits per heavy atom. The van der Waals surface area contributed by atoms with E-state index in [-0.39, 0.29) is 24.8 Å². The molecule has 0 aromatic carbocycles. The van der Waals surface area contributed by atoms with E-state index in [1.807, 2.05) is 0 Å². The zero-order valence-corrected chi connectivity index (χ0v) is 10.7. The van der Waals surface area contributed by atoms with Gasteiger partial charge < -0.3 is 5.73 Å². The fraction of sp³-hybridized carbons (Fsp3) is 1.00. The Kier molecular flexibility index (Phi) is 12.1. The molecule has 0 aromatic heterocycles. The largest absolute Gasteiger partial charge is 0.329 e. The maximum absolute atomic E-state index is 5.57. The van der Waals surface area contributed by atoms with Gasteiger partial charge in [0.1, 0.15) is 0 Å². The van der Waals surface area contributed by atoms with Crippen LogP contribution in [0, 0.1) is 0 Å². The highest BCUT2D eigenvalue weighted by molar-refractivity contribution is 5.85. The van der Waals surface area contributed by atoms with E-state index in [0.29, 0.717) is 0 Å². The molecule has 0 spiro atoms. The van der Waals surface area contributed by atoms with Gasteiger partial charge in [-0.2, -0.15) is 0 Å². The Labute approximate surface area is 100 Å². The molecule has 0 atom stereocenters. The molecule has 4 heteroatoms. The number of hydrogen-bond donors (Lipinski definition) is 1. The molecule has 0 amide bonds. The quantitative estimate of drug-likeness (QED) is 0.821. The molecule has 1 rings (SSSR count). The first kappa shape index (κ1) is 16.9. The average Bonchev–Trinajstić information content (AvgIpc) is 2.15. The molecule has 1 aliphatic rings. The van der Waals surface area contributed by atoms with Crippen molar-refractivity contribution in [2.45, 2.75) is 45.1 Å². The minimum Gasteiger partial charge on any atom is -0.329 e. The van der Waals surface area contributed by atoms with Crippen molar-refractivity contribution in [1.29, 1.82) is 0 Å². The SMILES string of the molecule is CCN(CCN)C1CCCCC1.Cl.Cl. The standard InChI is InChI=1S/C10H22N2.2ClH/c1-2-12(9-8-11)10-6-4-3-5-7-10;;/h10H,2-9,11H2,1H3;2*1H. The van der Waals surface area contributed by atoms with E-state index in [0.717, 1.165) is 19.1 Å². The smallest absolute Gasteiger partial charge is 0.0107 e. The monoisotopic (exact) mass is 242 g/mol. The van der Waals surface area contributed by atoms with Crippen molar-refractivity contribution in [2.75, 3.05) is 19.6 Å². The first-order valence-corrected chi connectivity index (χ1v) is 5.32. The van der Waals surface area contributed by atoms with E-state index in [1.54, 1.807) is 0 Å². The fourth-order valence-corrected chi connectivity index (χ4v) is 2.21. The fourth-order valence-electron chi connectivity index (χ4n) is 2.21. The summed E-state index contributed by atoms with van der Waals surface area (Å²) in [5, 5.41) is 0. The van der Waals surface area contributed by atoms with Crippen molar-refractivity contribution >= 4 is 24.8 Å². The van der Waals surface area contributed by atoms with Crippen LogP contribution in [-0.2, 0) is 0 Å². The van der Waals surface area contributed by atoms with Gasteiger partial charge in [0.05, 0.1) is 0 Å². The van der Waals surface area contributed by atoms with E-state index in [4.69, 9.17) is 5.73 Å². The van der Waals surface area contributed by atoms with Gasteiger partial charge in [-0.1, -0.05) is 26.2 Å². The summed E-state index contributed by atoms with van der Waals surface area (Å²) in [5.74, 6) is 0. The minimum absolute atomic E-state index is 0. The maximum Gasteiger partial charge on any atom is 0.0107 e. The van der Waals surface area contributed by atoms with E-state index in [1.165, 1.54) is 38.6 Å². The molecule has 1 aliphatic carbocycles. The van der Waals surface area contributed by atoms with Crippen LogP contribution in [0.5, 0.6) is 0 Å². The molecule has 1 fully saturated rings. The number of hydrogen-bond acceptors (Lipinski definition) is 2. The lowest BCUT2D eigenvalue weighted by molar-refractivity contribution is 0.168. The summed E-state index contributed by atoms with van der Waals surface area (Å²) >= 11 is 0. The van der Waals surface area contributed by atoms with Crippen molar-refractivity contribution in [3.63, 3.8) is 0 Å². The molecule has 0 unspecified atom stereocenters. The van der Waals surface area contributed by atoms with Crippen LogP contribution in [0.3, 0.4) is 0 Å². The molecule has 88 valence electrons. The minimum atomic E-state index is 0. The molecule has 2 nitrogen and oxygen atoms in total. The van der Waals surface area contributed by atoms with Crippen LogP contribution >= 0.6 is 24.8 Å². The second-order valence-corrected chi connectivity index (χ2v) is 3.71. The molecule has 0 aromatic rings. The third kappa shape index (κ3) is 5.40. The highest BCUT2D eigenvalue weighted by Crippen LogP contribution is 2.21. The molecule has 0 aliphatic heterocycles. The third-order valence-corrected chi connectivity index (χ3v) is 2.91. The van der Waals surface area contributed by atoms with Crippen LogP contribution < -0.4 is 5.73 Å². The Morgan fingerprint density at radius 1 is 1.14 bits per heavy atom. The van der Waals surface area contributed by atoms with Crippen molar-refractivity contribution in [3.8, 4) is 0 Å². The summed E-state index contributed by atoms with van der Waals surface area (Å²) < 4.78 is 0. The van der Waals surface area contributed by atoms with Gasteiger partial charge in [-0.25, -0.2) is 0 Å². The molecule has 2 N–H and O–H groups in total. The lowest BCUT2D eigenvalue weighted by Gasteiger charge is -2.33. The van der Waals surface area contributed by atoms with Crippen LogP contribution in [0.25, 0.3) is 0 Å². The average molecular weight is 243 g/mol. The summed E-state index contributed by atoms with van der Waals surface area (Å²) in [6.45, 7) is 5.30. The molecule has 1 saturated carbocycles. The number of likely N-dealkylation sites (N-methyl/N-ethyl adjacent to an activating group) is 1. The normalized spacial score (nSPS) is 17.4. The summed E-state index contributed by atoms with van der Waals surface area (Å²) in [5.41, 5.74) is 5.57. The van der Waals surface area contributed by atoms with Crippen LogP contribution in [0.15, 0.2) is 0 Å². The van der Waals surface area contributed by atoms with E-state index < -0.39 is 0 Å². The van der Waals surface area contributed by atoms with Crippen molar-refractivity contribution in [3.05, 3.63) is 0 Å². The highest BCUT2D eigenvalue weighted by Gasteiger charge is 2.18. The predicted molar refractivity (Wildman–Crippen MR) is 67.7 cm³/mol. The predicted octanol–water partition coefficient (Wildman–Crippen LogP) is 2.44. The first-order valence-electron chi connectivity index (χ1n) is 5.32. The summed E-state index contributed by atoms with van der Waals surface area (Å²) in [6.07, 6.45) is 7.08. The molecule has 0 bridgehead atoms. The van der Waals surface area contributed by atoms with E-state index >= 15 is 0 Å². The highest BCUT2D eigenvalue weighted by atomic mass is 35.5. The van der Waals surface area contributed by atoms with Gasteiger partial charge >= 0.3 is 0 Å². The van der Waals surface area contributed by atoms with Crippen LogP contribution in [0.2, 0.25) is 0 Å². The molecule has 0 heterocycles. The van der Waals surface area contributed by atoms with Crippen molar-refractivity contribution in [2.24, 2.45) is 5.73 Å². The van der Waals surface area contributed by atoms with Gasteiger partial charge in [0, 0.05) is 19.1 Å². The Hall–Kier alpha value is 0.500. The van der Waals surface area contributed by atoms with Gasteiger partial charge in [-0.3, -0.25) is 4.90 Å². The van der Waals surface area contributed by atoms with Crippen LogP contribution in [-0.4, -0.2) is 30.6 Å². The summed E-state index contributed by atoms with van der Waals surface area (Å²) in [4.78, 5) is 2.54. The Balaban J connectivity index is 0. The van der Waals surface area contributed by atoms with Gasteiger partial charge in [0.2, 0.25) is 0 Å². The maximum atomic E-state index is 5.57. The molecule has 14 heavy (non-hydrogen) atoms. The van der Waals surface area contributed by atoms with Gasteiger partial charge in [-0.15, -0.1) is 24.8 Å².